The van der Waals surface area contributed by atoms with Gasteiger partial charge in [-0.25, -0.2) is 0 Å². The molecule has 0 amide bonds. The standard InChI is InChI=1S/C13H9.C5H5.CH2.2ClH.Ti/c1-3-7-12-10(5-1)9-11-6-2-4-8-13(11)12;1-2-4-5-3-1;;;;/h1-9H;1-3H,4H2;1H2;2*1H;/q;;;;;+2/p-2. The number of hydrogen-bond acceptors (Lipinski definition) is 0. The van der Waals surface area contributed by atoms with Crippen molar-refractivity contribution in [3.05, 3.63) is 81.8 Å². The summed E-state index contributed by atoms with van der Waals surface area (Å²) in [6, 6.07) is 17.8. The van der Waals surface area contributed by atoms with Crippen molar-refractivity contribution in [1.82, 2.24) is 0 Å². The van der Waals surface area contributed by atoms with Crippen molar-refractivity contribution in [2.45, 2.75) is 10.6 Å². The van der Waals surface area contributed by atoms with Crippen LogP contribution in [0.2, 0.25) is 0 Å². The summed E-state index contributed by atoms with van der Waals surface area (Å²) in [5.41, 5.74) is 5.86. The van der Waals surface area contributed by atoms with E-state index in [0.29, 0.717) is 4.22 Å². The fourth-order valence-electron chi connectivity index (χ4n) is 3.40. The molecule has 3 heteroatoms. The van der Waals surface area contributed by atoms with Crippen LogP contribution in [0.25, 0.3) is 11.1 Å². The minimum absolute atomic E-state index is 0. The number of rotatable bonds is 2. The van der Waals surface area contributed by atoms with Crippen molar-refractivity contribution in [1.29, 1.82) is 0 Å². The van der Waals surface area contributed by atoms with Gasteiger partial charge < -0.3 is 24.8 Å². The van der Waals surface area contributed by atoms with E-state index in [1.165, 1.54) is 22.3 Å². The summed E-state index contributed by atoms with van der Waals surface area (Å²) in [7, 11) is 0. The Morgan fingerprint density at radius 2 is 1.41 bits per heavy atom. The van der Waals surface area contributed by atoms with E-state index in [9.17, 15) is 0 Å². The molecular weight excluding hydrogens is 347 g/mol. The Morgan fingerprint density at radius 1 is 0.864 bits per heavy atom. The van der Waals surface area contributed by atoms with E-state index >= 15 is 0 Å². The third-order valence-electron chi connectivity index (χ3n) is 4.37. The van der Waals surface area contributed by atoms with Crippen LogP contribution in [0.1, 0.15) is 21.8 Å². The summed E-state index contributed by atoms with van der Waals surface area (Å²) in [5, 5.41) is 0. The number of halogens is 2. The second-order valence-corrected chi connectivity index (χ2v) is 9.00. The van der Waals surface area contributed by atoms with Crippen LogP contribution in [-0.2, 0) is 17.4 Å². The third kappa shape index (κ3) is 2.70. The predicted molar refractivity (Wildman–Crippen MR) is 82.7 cm³/mol. The molecule has 2 aliphatic rings. The minimum atomic E-state index is -1.54. The van der Waals surface area contributed by atoms with Gasteiger partial charge in [0.15, 0.2) is 0 Å². The average Bonchev–Trinajstić information content (AvgIpc) is 3.13. The maximum Gasteiger partial charge on any atom is -1.00 e. The molecule has 22 heavy (non-hydrogen) atoms. The van der Waals surface area contributed by atoms with Gasteiger partial charge in [0.05, 0.1) is 0 Å². The van der Waals surface area contributed by atoms with Crippen molar-refractivity contribution < 1.29 is 42.2 Å². The molecule has 0 radical (unpaired) electrons. The van der Waals surface area contributed by atoms with Gasteiger partial charge in [0.25, 0.3) is 0 Å². The first-order chi connectivity index (χ1) is 9.86. The maximum atomic E-state index is 4.66. The van der Waals surface area contributed by atoms with Gasteiger partial charge in [-0.15, -0.1) is 0 Å². The minimum Gasteiger partial charge on any atom is -1.00 e. The van der Waals surface area contributed by atoms with Crippen molar-refractivity contribution >= 4 is 4.82 Å². The summed E-state index contributed by atoms with van der Waals surface area (Å²) < 4.78 is 2.18. The topological polar surface area (TPSA) is 0 Å². The molecule has 0 aliphatic heterocycles. The molecule has 0 saturated heterocycles. The maximum absolute atomic E-state index is 4.66. The van der Waals surface area contributed by atoms with Crippen LogP contribution in [0.5, 0.6) is 0 Å². The zero-order valence-electron chi connectivity index (χ0n) is 12.1. The van der Waals surface area contributed by atoms with Crippen LogP contribution in [-0.4, -0.2) is 4.82 Å². The first kappa shape index (κ1) is 17.4. The molecule has 0 aromatic heterocycles. The molecular formula is C19H16Cl2Ti. The normalized spacial score (nSPS) is 14.0. The molecule has 2 aliphatic carbocycles. The molecule has 0 heterocycles. The molecule has 0 unspecified atom stereocenters. The second-order valence-electron chi connectivity index (χ2n) is 5.46. The van der Waals surface area contributed by atoms with Crippen LogP contribution in [0.3, 0.4) is 0 Å². The van der Waals surface area contributed by atoms with E-state index in [-0.39, 0.29) is 24.8 Å². The average molecular weight is 363 g/mol. The molecule has 0 spiro atoms. The van der Waals surface area contributed by atoms with E-state index in [1.807, 2.05) is 0 Å². The van der Waals surface area contributed by atoms with Gasteiger partial charge in [0.1, 0.15) is 0 Å². The van der Waals surface area contributed by atoms with Gasteiger partial charge in [-0.3, -0.25) is 0 Å². The van der Waals surface area contributed by atoms with Crippen LogP contribution >= 0.6 is 0 Å². The summed E-state index contributed by atoms with van der Waals surface area (Å²) in [4.78, 5) is 4.66. The number of benzene rings is 2. The Labute approximate surface area is 150 Å². The first-order valence-corrected chi connectivity index (χ1v) is 9.88. The molecule has 0 fully saturated rings. The monoisotopic (exact) mass is 362 g/mol. The molecule has 4 rings (SSSR count). The summed E-state index contributed by atoms with van der Waals surface area (Å²) in [5.74, 6) is 0. The van der Waals surface area contributed by atoms with E-state index < -0.39 is 17.4 Å². The number of hydrogen-bond donors (Lipinski definition) is 0. The Kier molecular flexibility index (Phi) is 5.63. The fourth-order valence-corrected chi connectivity index (χ4v) is 7.02. The molecule has 110 valence electrons. The quantitative estimate of drug-likeness (QED) is 0.580. The van der Waals surface area contributed by atoms with Crippen molar-refractivity contribution in [2.24, 2.45) is 0 Å². The first-order valence-electron chi connectivity index (χ1n) is 7.09. The molecule has 0 atom stereocenters. The molecule has 0 N–H and O–H groups in total. The van der Waals surface area contributed by atoms with Crippen molar-refractivity contribution in [3.63, 3.8) is 0 Å². The summed E-state index contributed by atoms with van der Waals surface area (Å²) >= 11 is -1.54. The van der Waals surface area contributed by atoms with E-state index in [1.54, 1.807) is 3.88 Å². The van der Waals surface area contributed by atoms with Gasteiger partial charge in [-0.05, 0) is 0 Å². The van der Waals surface area contributed by atoms with Gasteiger partial charge >= 0.3 is 126 Å². The number of allylic oxidation sites excluding steroid dienone is 4. The van der Waals surface area contributed by atoms with Gasteiger partial charge in [-0.1, -0.05) is 0 Å². The predicted octanol–water partition coefficient (Wildman–Crippen LogP) is -1.34. The van der Waals surface area contributed by atoms with Gasteiger partial charge in [0.2, 0.25) is 0 Å². The van der Waals surface area contributed by atoms with Crippen molar-refractivity contribution in [2.75, 3.05) is 0 Å². The van der Waals surface area contributed by atoms with Crippen LogP contribution in [0.4, 0.5) is 0 Å². The molecule has 0 saturated carbocycles. The van der Waals surface area contributed by atoms with E-state index in [2.05, 4.69) is 71.6 Å². The Balaban J connectivity index is 0.000000882. The SMILES string of the molecule is [CH2]=[Ti+2]([C]1=CC=CC1)[CH]1c2ccccc2-c2ccccc21.[Cl-].[Cl-]. The molecule has 0 bridgehead atoms. The Bertz CT molecular complexity index is 729. The molecule has 0 nitrogen and oxygen atoms in total. The van der Waals surface area contributed by atoms with Gasteiger partial charge in [-0.2, -0.15) is 0 Å². The Morgan fingerprint density at radius 3 is 1.91 bits per heavy atom. The van der Waals surface area contributed by atoms with E-state index in [0.717, 1.165) is 6.42 Å². The molecule has 2 aromatic carbocycles. The zero-order valence-corrected chi connectivity index (χ0v) is 15.2. The number of fused-ring (bicyclic) bond motifs is 3. The van der Waals surface area contributed by atoms with Crippen LogP contribution < -0.4 is 24.8 Å². The second kappa shape index (κ2) is 7.11. The summed E-state index contributed by atoms with van der Waals surface area (Å²) in [6.45, 7) is 0. The van der Waals surface area contributed by atoms with Crippen LogP contribution in [0.15, 0.2) is 70.6 Å². The van der Waals surface area contributed by atoms with E-state index in [4.69, 9.17) is 0 Å². The van der Waals surface area contributed by atoms with Crippen LogP contribution in [0, 0.1) is 0 Å². The third-order valence-corrected chi connectivity index (χ3v) is 8.29. The smallest absolute Gasteiger partial charge is 1.00 e. The fraction of sp³-hybridized carbons (Fsp3) is 0.105. The van der Waals surface area contributed by atoms with Gasteiger partial charge in [0, 0.05) is 0 Å². The largest absolute Gasteiger partial charge is 1.00 e. The Hall–Kier alpha value is -0.916. The zero-order chi connectivity index (χ0) is 13.5. The van der Waals surface area contributed by atoms with Crippen molar-refractivity contribution in [3.8, 4) is 11.1 Å². The summed E-state index contributed by atoms with van der Waals surface area (Å²) in [6.07, 6.45) is 7.89. The molecule has 2 aromatic rings.